The number of ether oxygens (including phenoxy) is 2. The molecule has 1 fully saturated rings. The third-order valence-corrected chi connectivity index (χ3v) is 9.47. The first kappa shape index (κ1) is 28.7. The second kappa shape index (κ2) is 11.1. The summed E-state index contributed by atoms with van der Waals surface area (Å²) in [5, 5.41) is 0. The molecule has 3 aromatic carbocycles. The highest BCUT2D eigenvalue weighted by molar-refractivity contribution is 7.93. The Labute approximate surface area is 231 Å². The summed E-state index contributed by atoms with van der Waals surface area (Å²) in [7, 11) is -6.71. The number of nitrogens with zero attached hydrogens (tertiary/aromatic N) is 1. The van der Waals surface area contributed by atoms with Crippen LogP contribution in [0.15, 0.2) is 70.5 Å². The van der Waals surface area contributed by atoms with Crippen LogP contribution in [0.25, 0.3) is 0 Å². The van der Waals surface area contributed by atoms with Crippen LogP contribution in [0.2, 0.25) is 0 Å². The molecule has 39 heavy (non-hydrogen) atoms. The van der Waals surface area contributed by atoms with E-state index in [4.69, 9.17) is 9.47 Å². The van der Waals surface area contributed by atoms with Gasteiger partial charge < -0.3 is 14.4 Å². The van der Waals surface area contributed by atoms with E-state index in [1.165, 1.54) is 13.2 Å². The Morgan fingerprint density at radius 2 is 1.51 bits per heavy atom. The molecule has 0 bridgehead atoms. The van der Waals surface area contributed by atoms with Crippen LogP contribution in [-0.2, 0) is 30.2 Å². The van der Waals surface area contributed by atoms with Crippen LogP contribution in [0.5, 0.6) is 5.75 Å². The first-order valence-corrected chi connectivity index (χ1v) is 15.5. The van der Waals surface area contributed by atoms with Crippen molar-refractivity contribution in [1.82, 2.24) is 0 Å². The van der Waals surface area contributed by atoms with Crippen LogP contribution in [0.4, 0.5) is 17.1 Å². The summed E-state index contributed by atoms with van der Waals surface area (Å²) in [6.07, 6.45) is 0. The smallest absolute Gasteiger partial charge is 0.264 e. The van der Waals surface area contributed by atoms with E-state index in [0.717, 1.165) is 5.56 Å². The van der Waals surface area contributed by atoms with E-state index in [1.807, 2.05) is 31.7 Å². The van der Waals surface area contributed by atoms with E-state index in [2.05, 4.69) is 9.44 Å². The van der Waals surface area contributed by atoms with Crippen molar-refractivity contribution in [2.75, 3.05) is 47.8 Å². The van der Waals surface area contributed by atoms with Crippen molar-refractivity contribution in [2.24, 2.45) is 0 Å². The zero-order chi connectivity index (χ0) is 28.4. The Morgan fingerprint density at radius 3 is 2.18 bits per heavy atom. The van der Waals surface area contributed by atoms with Crippen molar-refractivity contribution in [1.29, 1.82) is 0 Å². The summed E-state index contributed by atoms with van der Waals surface area (Å²) in [5.74, 6) is 0.361. The van der Waals surface area contributed by atoms with Gasteiger partial charge in [0.1, 0.15) is 10.6 Å². The minimum atomic E-state index is -4.15. The summed E-state index contributed by atoms with van der Waals surface area (Å²) in [6.45, 7) is 9.68. The molecule has 11 heteroatoms. The summed E-state index contributed by atoms with van der Waals surface area (Å²) in [5.41, 5.74) is 2.08. The predicted octanol–water partition coefficient (Wildman–Crippen LogP) is 4.74. The largest absolute Gasteiger partial charge is 0.495 e. The molecule has 2 N–H and O–H groups in total. The molecule has 0 unspecified atom stereocenters. The van der Waals surface area contributed by atoms with Gasteiger partial charge in [0.2, 0.25) is 0 Å². The normalized spacial score (nSPS) is 14.6. The monoisotopic (exact) mass is 573 g/mol. The van der Waals surface area contributed by atoms with E-state index >= 15 is 0 Å². The molecule has 1 heterocycles. The molecule has 3 aromatic rings. The molecule has 1 aliphatic heterocycles. The van der Waals surface area contributed by atoms with Crippen molar-refractivity contribution < 1.29 is 26.3 Å². The van der Waals surface area contributed by atoms with Gasteiger partial charge in [0, 0.05) is 13.1 Å². The average molecular weight is 574 g/mol. The number of sulfonamides is 2. The molecule has 0 saturated carbocycles. The number of benzene rings is 3. The van der Waals surface area contributed by atoms with Crippen molar-refractivity contribution in [3.63, 3.8) is 0 Å². The Hall–Kier alpha value is -3.28. The maximum atomic E-state index is 13.7. The Bertz CT molecular complexity index is 1560. The Morgan fingerprint density at radius 1 is 0.846 bits per heavy atom. The fourth-order valence-corrected chi connectivity index (χ4v) is 7.00. The maximum absolute atomic E-state index is 13.7. The number of hydrogen-bond donors (Lipinski definition) is 2. The van der Waals surface area contributed by atoms with Gasteiger partial charge in [-0.2, -0.15) is 0 Å². The van der Waals surface area contributed by atoms with Gasteiger partial charge in [0.05, 0.1) is 42.3 Å². The van der Waals surface area contributed by atoms with Gasteiger partial charge in [-0.1, -0.05) is 45.0 Å². The van der Waals surface area contributed by atoms with E-state index in [-0.39, 0.29) is 26.6 Å². The van der Waals surface area contributed by atoms with Gasteiger partial charge in [0.25, 0.3) is 20.0 Å². The number of aryl methyl sites for hydroxylation is 1. The predicted molar refractivity (Wildman–Crippen MR) is 154 cm³/mol. The quantitative estimate of drug-likeness (QED) is 0.400. The number of nitrogens with one attached hydrogen (secondary N) is 2. The zero-order valence-corrected chi connectivity index (χ0v) is 24.4. The minimum Gasteiger partial charge on any atom is -0.495 e. The zero-order valence-electron chi connectivity index (χ0n) is 22.8. The van der Waals surface area contributed by atoms with Crippen LogP contribution < -0.4 is 19.1 Å². The van der Waals surface area contributed by atoms with Crippen molar-refractivity contribution >= 4 is 37.1 Å². The molecule has 0 aliphatic carbocycles. The standard InChI is InChI=1S/C28H35N3O6S2/c1-20-10-11-21(28(2,3)4)18-26(20)38(32,33)29-22-12-13-24(31-14-16-37-17-15-31)27(19-22)39(34,35)30-23-8-6-7-9-25(23)36-5/h6-13,18-19,29-30H,14-17H2,1-5H3. The van der Waals surface area contributed by atoms with Gasteiger partial charge in [-0.3, -0.25) is 9.44 Å². The third-order valence-electron chi connectivity index (χ3n) is 6.55. The van der Waals surface area contributed by atoms with Gasteiger partial charge in [-0.25, -0.2) is 16.8 Å². The molecule has 0 aromatic heterocycles. The average Bonchev–Trinajstić information content (AvgIpc) is 2.88. The third kappa shape index (κ3) is 6.48. The van der Waals surface area contributed by atoms with E-state index in [1.54, 1.807) is 55.5 Å². The van der Waals surface area contributed by atoms with Gasteiger partial charge in [-0.15, -0.1) is 0 Å². The number of morpholine rings is 1. The number of anilines is 3. The highest BCUT2D eigenvalue weighted by atomic mass is 32.2. The summed E-state index contributed by atoms with van der Waals surface area (Å²) < 4.78 is 70.4. The molecule has 0 atom stereocenters. The van der Waals surface area contributed by atoms with Crippen LogP contribution in [-0.4, -0.2) is 50.2 Å². The van der Waals surface area contributed by atoms with Crippen molar-refractivity contribution in [3.05, 3.63) is 71.8 Å². The SMILES string of the molecule is COc1ccccc1NS(=O)(=O)c1cc(NS(=O)(=O)c2cc(C(C)(C)C)ccc2C)ccc1N1CCOCC1. The topological polar surface area (TPSA) is 114 Å². The molecule has 1 saturated heterocycles. The minimum absolute atomic E-state index is 0.0596. The summed E-state index contributed by atoms with van der Waals surface area (Å²) in [4.78, 5) is 2.00. The van der Waals surface area contributed by atoms with E-state index < -0.39 is 20.0 Å². The van der Waals surface area contributed by atoms with Crippen LogP contribution >= 0.6 is 0 Å². The fraction of sp³-hybridized carbons (Fsp3) is 0.357. The number of rotatable bonds is 8. The Balaban J connectivity index is 1.76. The van der Waals surface area contributed by atoms with Gasteiger partial charge in [-0.05, 0) is 59.9 Å². The fourth-order valence-electron chi connectivity index (χ4n) is 4.35. The van der Waals surface area contributed by atoms with Gasteiger partial charge >= 0.3 is 0 Å². The summed E-state index contributed by atoms with van der Waals surface area (Å²) >= 11 is 0. The molecule has 4 rings (SSSR count). The molecular weight excluding hydrogens is 538 g/mol. The van der Waals surface area contributed by atoms with Crippen LogP contribution in [0.1, 0.15) is 31.9 Å². The first-order valence-electron chi connectivity index (χ1n) is 12.6. The molecule has 1 aliphatic rings. The molecule has 0 amide bonds. The molecule has 0 radical (unpaired) electrons. The lowest BCUT2D eigenvalue weighted by Crippen LogP contribution is -2.37. The number of para-hydroxylation sites is 2. The lowest BCUT2D eigenvalue weighted by molar-refractivity contribution is 0.122. The highest BCUT2D eigenvalue weighted by Gasteiger charge is 2.27. The highest BCUT2D eigenvalue weighted by Crippen LogP contribution is 2.34. The maximum Gasteiger partial charge on any atom is 0.264 e. The molecule has 0 spiro atoms. The first-order chi connectivity index (χ1) is 18.3. The lowest BCUT2D eigenvalue weighted by atomic mass is 9.87. The number of methoxy groups -OCH3 is 1. The van der Waals surface area contributed by atoms with E-state index in [9.17, 15) is 16.8 Å². The number of hydrogen-bond acceptors (Lipinski definition) is 7. The van der Waals surface area contributed by atoms with Crippen molar-refractivity contribution in [3.8, 4) is 5.75 Å². The summed E-state index contributed by atoms with van der Waals surface area (Å²) in [6, 6.07) is 16.6. The second-order valence-corrected chi connectivity index (χ2v) is 13.7. The second-order valence-electron chi connectivity index (χ2n) is 10.4. The van der Waals surface area contributed by atoms with Crippen LogP contribution in [0.3, 0.4) is 0 Å². The van der Waals surface area contributed by atoms with E-state index in [0.29, 0.717) is 43.3 Å². The lowest BCUT2D eigenvalue weighted by Gasteiger charge is -2.30. The Kier molecular flexibility index (Phi) is 8.15. The van der Waals surface area contributed by atoms with Crippen molar-refractivity contribution in [2.45, 2.75) is 42.9 Å². The molecular formula is C28H35N3O6S2. The van der Waals surface area contributed by atoms with Crippen LogP contribution in [0, 0.1) is 6.92 Å². The van der Waals surface area contributed by atoms with Gasteiger partial charge in [0.15, 0.2) is 0 Å². The molecule has 9 nitrogen and oxygen atoms in total. The molecule has 210 valence electrons.